The van der Waals surface area contributed by atoms with Crippen molar-refractivity contribution in [2.75, 3.05) is 42.9 Å². The van der Waals surface area contributed by atoms with E-state index in [0.717, 1.165) is 44.0 Å². The third-order valence-corrected chi connectivity index (χ3v) is 9.25. The summed E-state index contributed by atoms with van der Waals surface area (Å²) in [6.45, 7) is 7.14. The standard InChI is InChI=1S/C30H29ClF2N8OS/c1-2-38-6-8-39(9-7-38)25-4-3-18(11-22(25)31)19-12-23(33)21-16-41(37-24(21)13-19)28(29(42)36-30-34-5-10-43-30)27-26-14-20(32)15-40(26)17-35-27/h3-5,10-13,16-17,20,28H,2,6-9,14-15H2,1H3,(H,34,36,42)/t20-,28?/m1/s1. The number of hydrogen-bond donors (Lipinski definition) is 1. The fraction of sp³-hybridized carbons (Fsp3) is 0.333. The van der Waals surface area contributed by atoms with Crippen LogP contribution in [0.4, 0.5) is 19.6 Å². The van der Waals surface area contributed by atoms with Crippen LogP contribution in [-0.2, 0) is 17.8 Å². The van der Waals surface area contributed by atoms with Crippen LogP contribution in [0.25, 0.3) is 22.0 Å². The maximum Gasteiger partial charge on any atom is 0.257 e. The molecule has 13 heteroatoms. The van der Waals surface area contributed by atoms with E-state index in [4.69, 9.17) is 11.6 Å². The van der Waals surface area contributed by atoms with E-state index in [9.17, 15) is 9.18 Å². The molecule has 5 heterocycles. The lowest BCUT2D eigenvalue weighted by atomic mass is 10.0. The fourth-order valence-electron chi connectivity index (χ4n) is 5.99. The first kappa shape index (κ1) is 27.9. The van der Waals surface area contributed by atoms with Crippen molar-refractivity contribution in [2.24, 2.45) is 0 Å². The number of thiazole rings is 1. The van der Waals surface area contributed by atoms with E-state index in [2.05, 4.69) is 37.1 Å². The highest BCUT2D eigenvalue weighted by Gasteiger charge is 2.34. The second kappa shape index (κ2) is 11.3. The number of benzene rings is 2. The number of fused-ring (bicyclic) bond motifs is 2. The van der Waals surface area contributed by atoms with Crippen molar-refractivity contribution in [3.05, 3.63) is 76.7 Å². The Morgan fingerprint density at radius 2 is 2.00 bits per heavy atom. The zero-order valence-corrected chi connectivity index (χ0v) is 25.0. The molecule has 222 valence electrons. The molecule has 0 spiro atoms. The molecule has 9 nitrogen and oxygen atoms in total. The first-order chi connectivity index (χ1) is 20.9. The topological polar surface area (TPSA) is 84.1 Å². The molecule has 2 aliphatic rings. The zero-order valence-electron chi connectivity index (χ0n) is 23.4. The van der Waals surface area contributed by atoms with Crippen LogP contribution in [0.3, 0.4) is 0 Å². The summed E-state index contributed by atoms with van der Waals surface area (Å²) in [5.41, 5.74) is 3.71. The zero-order chi connectivity index (χ0) is 29.7. The molecule has 0 bridgehead atoms. The van der Waals surface area contributed by atoms with Crippen LogP contribution < -0.4 is 10.2 Å². The molecule has 1 unspecified atom stereocenters. The van der Waals surface area contributed by atoms with Crippen molar-refractivity contribution in [2.45, 2.75) is 32.1 Å². The van der Waals surface area contributed by atoms with Gasteiger partial charge in [-0.1, -0.05) is 24.6 Å². The van der Waals surface area contributed by atoms with Gasteiger partial charge in [-0.05, 0) is 41.9 Å². The van der Waals surface area contributed by atoms with Gasteiger partial charge in [-0.3, -0.25) is 14.8 Å². The van der Waals surface area contributed by atoms with Crippen LogP contribution >= 0.6 is 22.9 Å². The minimum absolute atomic E-state index is 0.140. The van der Waals surface area contributed by atoms with Crippen molar-refractivity contribution in [1.82, 2.24) is 29.2 Å². The number of nitrogens with zero attached hydrogens (tertiary/aromatic N) is 7. The molecule has 2 aliphatic heterocycles. The van der Waals surface area contributed by atoms with Crippen molar-refractivity contribution in [3.8, 4) is 11.1 Å². The molecule has 3 aromatic heterocycles. The SMILES string of the molecule is CCN1CCN(c2ccc(-c3cc(F)c4cn(C(C(=O)Nc5nccs5)c5ncn6c5C[C@@H](F)C6)nc4c3)cc2Cl)CC1. The molecular weight excluding hydrogens is 594 g/mol. The molecule has 0 radical (unpaired) electrons. The number of anilines is 2. The quantitative estimate of drug-likeness (QED) is 0.261. The summed E-state index contributed by atoms with van der Waals surface area (Å²) in [7, 11) is 0. The highest BCUT2D eigenvalue weighted by molar-refractivity contribution is 7.13. The summed E-state index contributed by atoms with van der Waals surface area (Å²) in [5.74, 6) is -0.929. The maximum absolute atomic E-state index is 15.6. The van der Waals surface area contributed by atoms with Gasteiger partial charge in [-0.25, -0.2) is 18.7 Å². The van der Waals surface area contributed by atoms with Crippen LogP contribution in [0.1, 0.15) is 24.4 Å². The average Bonchev–Trinajstić information content (AvgIpc) is 3.80. The monoisotopic (exact) mass is 622 g/mol. The summed E-state index contributed by atoms with van der Waals surface area (Å²) >= 11 is 8.01. The van der Waals surface area contributed by atoms with Crippen LogP contribution in [0, 0.1) is 5.82 Å². The Balaban J connectivity index is 1.23. The van der Waals surface area contributed by atoms with Gasteiger partial charge in [0.1, 0.15) is 12.0 Å². The summed E-state index contributed by atoms with van der Waals surface area (Å²) in [5, 5.41) is 10.5. The molecule has 0 saturated carbocycles. The number of piperazine rings is 1. The largest absolute Gasteiger partial charge is 0.368 e. The Morgan fingerprint density at radius 3 is 2.74 bits per heavy atom. The summed E-state index contributed by atoms with van der Waals surface area (Å²) in [4.78, 5) is 26.9. The number of amides is 1. The van der Waals surface area contributed by atoms with E-state index >= 15 is 4.39 Å². The van der Waals surface area contributed by atoms with Crippen LogP contribution in [0.2, 0.25) is 5.02 Å². The third kappa shape index (κ3) is 5.28. The minimum atomic E-state index is -1.06. The Kier molecular flexibility index (Phi) is 7.36. The number of nitrogens with one attached hydrogen (secondary N) is 1. The van der Waals surface area contributed by atoms with Gasteiger partial charge in [0.2, 0.25) is 0 Å². The average molecular weight is 623 g/mol. The molecule has 1 fully saturated rings. The van der Waals surface area contributed by atoms with E-state index in [1.165, 1.54) is 34.6 Å². The molecular formula is C30H29ClF2N8OS. The Labute approximate surface area is 255 Å². The number of alkyl halides is 1. The molecule has 1 amide bonds. The molecule has 1 N–H and O–H groups in total. The van der Waals surface area contributed by atoms with E-state index in [0.29, 0.717) is 32.6 Å². The number of likely N-dealkylation sites (N-methyl/N-ethyl adjacent to an activating group) is 1. The summed E-state index contributed by atoms with van der Waals surface area (Å²) in [6, 6.07) is 7.96. The van der Waals surface area contributed by atoms with Gasteiger partial charge < -0.3 is 14.4 Å². The highest BCUT2D eigenvalue weighted by atomic mass is 35.5. The predicted octanol–water partition coefficient (Wildman–Crippen LogP) is 5.41. The second-order valence-corrected chi connectivity index (χ2v) is 12.1. The Bertz CT molecular complexity index is 1800. The third-order valence-electron chi connectivity index (χ3n) is 8.26. The van der Waals surface area contributed by atoms with Gasteiger partial charge >= 0.3 is 0 Å². The first-order valence-corrected chi connectivity index (χ1v) is 15.5. The van der Waals surface area contributed by atoms with Gasteiger partial charge in [0.25, 0.3) is 5.91 Å². The van der Waals surface area contributed by atoms with E-state index in [1.54, 1.807) is 22.2 Å². The molecule has 43 heavy (non-hydrogen) atoms. The summed E-state index contributed by atoms with van der Waals surface area (Å²) in [6.07, 6.45) is 3.70. The number of hydrogen-bond acceptors (Lipinski definition) is 7. The van der Waals surface area contributed by atoms with Gasteiger partial charge in [0.15, 0.2) is 11.2 Å². The van der Waals surface area contributed by atoms with Crippen LogP contribution in [0.5, 0.6) is 0 Å². The second-order valence-electron chi connectivity index (χ2n) is 10.8. The maximum atomic E-state index is 15.6. The van der Waals surface area contributed by atoms with E-state index in [1.807, 2.05) is 18.2 Å². The fourth-order valence-corrected chi connectivity index (χ4v) is 6.83. The molecule has 2 aromatic carbocycles. The van der Waals surface area contributed by atoms with Crippen LogP contribution in [0.15, 0.2) is 54.4 Å². The molecule has 0 aliphatic carbocycles. The normalized spacial score (nSPS) is 17.9. The van der Waals surface area contributed by atoms with Gasteiger partial charge in [-0.2, -0.15) is 5.10 Å². The van der Waals surface area contributed by atoms with Gasteiger partial charge in [0, 0.05) is 56.1 Å². The number of halogens is 3. The molecule has 2 atom stereocenters. The van der Waals surface area contributed by atoms with Crippen molar-refractivity contribution >= 4 is 50.6 Å². The van der Waals surface area contributed by atoms with Crippen molar-refractivity contribution in [3.63, 3.8) is 0 Å². The number of carbonyl (C=O) groups is 1. The lowest BCUT2D eigenvalue weighted by Gasteiger charge is -2.36. The van der Waals surface area contributed by atoms with Crippen molar-refractivity contribution in [1.29, 1.82) is 0 Å². The van der Waals surface area contributed by atoms with E-state index in [-0.39, 0.29) is 18.4 Å². The van der Waals surface area contributed by atoms with Gasteiger partial charge in [-0.15, -0.1) is 11.3 Å². The number of carbonyl (C=O) groups excluding carboxylic acids is 1. The minimum Gasteiger partial charge on any atom is -0.368 e. The summed E-state index contributed by atoms with van der Waals surface area (Å²) < 4.78 is 33.0. The number of rotatable bonds is 7. The lowest BCUT2D eigenvalue weighted by Crippen LogP contribution is -2.46. The molecule has 5 aromatic rings. The first-order valence-electron chi connectivity index (χ1n) is 14.2. The molecule has 7 rings (SSSR count). The number of aromatic nitrogens is 5. The Hall–Kier alpha value is -3.87. The number of imidazole rings is 1. The predicted molar refractivity (Wildman–Crippen MR) is 164 cm³/mol. The molecule has 1 saturated heterocycles. The smallest absolute Gasteiger partial charge is 0.257 e. The van der Waals surface area contributed by atoms with Crippen molar-refractivity contribution < 1.29 is 13.6 Å². The van der Waals surface area contributed by atoms with E-state index < -0.39 is 23.9 Å². The van der Waals surface area contributed by atoms with Crippen LogP contribution in [-0.4, -0.2) is 74.0 Å². The lowest BCUT2D eigenvalue weighted by molar-refractivity contribution is -0.118. The Morgan fingerprint density at radius 1 is 1.16 bits per heavy atom. The van der Waals surface area contributed by atoms with Gasteiger partial charge in [0.05, 0.1) is 40.2 Å². The highest BCUT2D eigenvalue weighted by Crippen LogP contribution is 2.35.